The predicted octanol–water partition coefficient (Wildman–Crippen LogP) is 3.91. The van der Waals surface area contributed by atoms with E-state index in [1.54, 1.807) is 24.3 Å². The van der Waals surface area contributed by atoms with Gasteiger partial charge in [0.25, 0.3) is 5.56 Å². The number of hydrogen-bond acceptors (Lipinski definition) is 5. The molecule has 0 atom stereocenters. The van der Waals surface area contributed by atoms with Crippen molar-refractivity contribution in [2.24, 2.45) is 0 Å². The van der Waals surface area contributed by atoms with E-state index in [0.29, 0.717) is 63.5 Å². The molecule has 0 unspecified atom stereocenters. The zero-order valence-corrected chi connectivity index (χ0v) is 17.6. The maximum Gasteiger partial charge on any atom is 0.252 e. The molecular formula is C21H18Cl2FN5O2. The summed E-state index contributed by atoms with van der Waals surface area (Å²) < 4.78 is 13.7. The highest BCUT2D eigenvalue weighted by Gasteiger charge is 2.12. The smallest absolute Gasteiger partial charge is 0.252 e. The van der Waals surface area contributed by atoms with E-state index < -0.39 is 0 Å². The summed E-state index contributed by atoms with van der Waals surface area (Å²) in [6, 6.07) is 10.7. The standard InChI is InChI=1S/C21H18Cl2FN5O2/c22-13-2-3-15(24)12(5-13)8-25-10-26-9-18-28-20(21(23)29-18)11-1-4-16-14(6-11)17(30)7-19(31)27-16/h1-7,25-26H,8-10H2,(H,28,29)(H2,27,30,31). The third kappa shape index (κ3) is 4.88. The number of nitrogens with zero attached hydrogens (tertiary/aromatic N) is 1. The number of rotatable bonds is 7. The Kier molecular flexibility index (Phi) is 6.24. The van der Waals surface area contributed by atoms with Crippen molar-refractivity contribution >= 4 is 34.1 Å². The lowest BCUT2D eigenvalue weighted by Gasteiger charge is -2.07. The molecule has 4 rings (SSSR count). The molecule has 0 fully saturated rings. The highest BCUT2D eigenvalue weighted by molar-refractivity contribution is 6.32. The average Bonchev–Trinajstić information content (AvgIpc) is 3.10. The fourth-order valence-electron chi connectivity index (χ4n) is 3.20. The third-order valence-electron chi connectivity index (χ3n) is 4.67. The largest absolute Gasteiger partial charge is 0.507 e. The Labute approximate surface area is 186 Å². The van der Waals surface area contributed by atoms with Crippen LogP contribution >= 0.6 is 23.2 Å². The van der Waals surface area contributed by atoms with Gasteiger partial charge in [-0.3, -0.25) is 10.1 Å². The second-order valence-electron chi connectivity index (χ2n) is 6.89. The third-order valence-corrected chi connectivity index (χ3v) is 5.18. The first-order valence-corrected chi connectivity index (χ1v) is 10.1. The molecule has 10 heteroatoms. The number of nitrogens with one attached hydrogen (secondary N) is 4. The number of H-pyrrole nitrogens is 2. The maximum absolute atomic E-state index is 13.7. The van der Waals surface area contributed by atoms with Crippen LogP contribution in [0.5, 0.6) is 5.75 Å². The molecule has 2 aromatic carbocycles. The maximum atomic E-state index is 13.7. The van der Waals surface area contributed by atoms with Crippen LogP contribution in [0.3, 0.4) is 0 Å². The van der Waals surface area contributed by atoms with Gasteiger partial charge in [-0.1, -0.05) is 29.3 Å². The summed E-state index contributed by atoms with van der Waals surface area (Å²) in [5.41, 5.74) is 1.84. The van der Waals surface area contributed by atoms with Gasteiger partial charge < -0.3 is 20.4 Å². The van der Waals surface area contributed by atoms with E-state index in [0.717, 1.165) is 6.07 Å². The summed E-state index contributed by atoms with van der Waals surface area (Å²) in [5.74, 6) is 0.183. The van der Waals surface area contributed by atoms with Crippen molar-refractivity contribution in [2.75, 3.05) is 6.67 Å². The molecule has 0 aliphatic carbocycles. The van der Waals surface area contributed by atoms with Gasteiger partial charge in [0.05, 0.1) is 12.1 Å². The van der Waals surface area contributed by atoms with Crippen molar-refractivity contribution < 1.29 is 9.50 Å². The molecule has 0 saturated heterocycles. The Balaban J connectivity index is 1.39. The number of hydrogen-bond donors (Lipinski definition) is 5. The topological polar surface area (TPSA) is 106 Å². The number of aromatic amines is 2. The fourth-order valence-corrected chi connectivity index (χ4v) is 3.66. The van der Waals surface area contributed by atoms with Crippen molar-refractivity contribution in [3.63, 3.8) is 0 Å². The van der Waals surface area contributed by atoms with Crippen LogP contribution in [0.1, 0.15) is 11.4 Å². The van der Waals surface area contributed by atoms with Crippen molar-refractivity contribution in [2.45, 2.75) is 13.1 Å². The van der Waals surface area contributed by atoms with Crippen LogP contribution in [-0.2, 0) is 13.1 Å². The monoisotopic (exact) mass is 461 g/mol. The first-order chi connectivity index (χ1) is 14.9. The van der Waals surface area contributed by atoms with Crippen molar-refractivity contribution in [1.82, 2.24) is 25.6 Å². The molecule has 0 aliphatic heterocycles. The zero-order chi connectivity index (χ0) is 22.0. The Hall–Kier alpha value is -2.91. The van der Waals surface area contributed by atoms with Gasteiger partial charge in [0, 0.05) is 40.8 Å². The van der Waals surface area contributed by atoms with Crippen LogP contribution in [0.15, 0.2) is 47.3 Å². The molecule has 5 N–H and O–H groups in total. The van der Waals surface area contributed by atoms with Crippen LogP contribution < -0.4 is 16.2 Å². The summed E-state index contributed by atoms with van der Waals surface area (Å²) in [5, 5.41) is 17.6. The quantitative estimate of drug-likeness (QED) is 0.212. The number of fused-ring (bicyclic) bond motifs is 1. The highest BCUT2D eigenvalue weighted by Crippen LogP contribution is 2.30. The molecule has 2 aromatic heterocycles. The molecule has 0 saturated carbocycles. The normalized spacial score (nSPS) is 11.3. The number of imidazole rings is 1. The molecule has 31 heavy (non-hydrogen) atoms. The van der Waals surface area contributed by atoms with E-state index >= 15 is 0 Å². The lowest BCUT2D eigenvalue weighted by molar-refractivity contribution is 0.480. The minimum Gasteiger partial charge on any atom is -0.507 e. The van der Waals surface area contributed by atoms with Gasteiger partial charge in [-0.2, -0.15) is 0 Å². The van der Waals surface area contributed by atoms with Crippen LogP contribution in [0.2, 0.25) is 10.2 Å². The van der Waals surface area contributed by atoms with Gasteiger partial charge in [0.2, 0.25) is 0 Å². The molecular weight excluding hydrogens is 444 g/mol. The molecule has 7 nitrogen and oxygen atoms in total. The van der Waals surface area contributed by atoms with E-state index in [1.807, 2.05) is 0 Å². The van der Waals surface area contributed by atoms with E-state index in [1.165, 1.54) is 12.1 Å². The molecule has 0 bridgehead atoms. The van der Waals surface area contributed by atoms with E-state index in [9.17, 15) is 14.3 Å². The number of benzene rings is 2. The van der Waals surface area contributed by atoms with Gasteiger partial charge in [-0.25, -0.2) is 9.37 Å². The van der Waals surface area contributed by atoms with Gasteiger partial charge in [-0.15, -0.1) is 0 Å². The lowest BCUT2D eigenvalue weighted by atomic mass is 10.1. The van der Waals surface area contributed by atoms with E-state index in [2.05, 4.69) is 25.6 Å². The number of aromatic hydroxyl groups is 1. The number of aromatic nitrogens is 3. The molecule has 2 heterocycles. The van der Waals surface area contributed by atoms with E-state index in [4.69, 9.17) is 23.2 Å². The summed E-state index contributed by atoms with van der Waals surface area (Å²) in [6.45, 7) is 1.14. The van der Waals surface area contributed by atoms with Crippen LogP contribution in [0.4, 0.5) is 4.39 Å². The lowest BCUT2D eigenvalue weighted by Crippen LogP contribution is -2.28. The molecule has 4 aromatic rings. The van der Waals surface area contributed by atoms with Crippen molar-refractivity contribution in [3.8, 4) is 17.0 Å². The average molecular weight is 462 g/mol. The number of halogens is 3. The van der Waals surface area contributed by atoms with Crippen LogP contribution in [-0.4, -0.2) is 26.7 Å². The molecule has 0 amide bonds. The van der Waals surface area contributed by atoms with Gasteiger partial charge >= 0.3 is 0 Å². The Bertz CT molecular complexity index is 1300. The van der Waals surface area contributed by atoms with E-state index in [-0.39, 0.29) is 17.1 Å². The summed E-state index contributed by atoms with van der Waals surface area (Å²) in [6.07, 6.45) is 0. The zero-order valence-electron chi connectivity index (χ0n) is 16.1. The molecule has 0 spiro atoms. The minimum absolute atomic E-state index is 0.114. The Morgan fingerprint density at radius 1 is 1.03 bits per heavy atom. The number of pyridine rings is 1. The predicted molar refractivity (Wildman–Crippen MR) is 119 cm³/mol. The van der Waals surface area contributed by atoms with Crippen LogP contribution in [0.25, 0.3) is 22.2 Å². The first kappa shape index (κ1) is 21.3. The fraction of sp³-hybridized carbons (Fsp3) is 0.143. The highest BCUT2D eigenvalue weighted by atomic mass is 35.5. The summed E-state index contributed by atoms with van der Waals surface area (Å²) in [7, 11) is 0. The van der Waals surface area contributed by atoms with Gasteiger partial charge in [-0.05, 0) is 30.3 Å². The Morgan fingerprint density at radius 2 is 1.84 bits per heavy atom. The minimum atomic E-state index is -0.379. The molecule has 160 valence electrons. The molecule has 0 aliphatic rings. The van der Waals surface area contributed by atoms with Gasteiger partial charge in [0.1, 0.15) is 28.2 Å². The van der Waals surface area contributed by atoms with Gasteiger partial charge in [0.15, 0.2) is 0 Å². The summed E-state index contributed by atoms with van der Waals surface area (Å²) in [4.78, 5) is 21.7. The van der Waals surface area contributed by atoms with Crippen molar-refractivity contribution in [1.29, 1.82) is 0 Å². The second kappa shape index (κ2) is 9.07. The Morgan fingerprint density at radius 3 is 2.68 bits per heavy atom. The first-order valence-electron chi connectivity index (χ1n) is 9.37. The van der Waals surface area contributed by atoms with Crippen molar-refractivity contribution in [3.05, 3.63) is 80.2 Å². The SMILES string of the molecule is O=c1cc(O)c2cc(-c3nc(CNCNCc4cc(Cl)ccc4F)[nH]c3Cl)ccc2[nH]1. The summed E-state index contributed by atoms with van der Waals surface area (Å²) >= 11 is 12.2. The van der Waals surface area contributed by atoms with Crippen LogP contribution in [0, 0.1) is 5.82 Å². The second-order valence-corrected chi connectivity index (χ2v) is 7.71. The molecule has 0 radical (unpaired) electrons.